The first kappa shape index (κ1) is 25.9. The van der Waals surface area contributed by atoms with Gasteiger partial charge in [-0.2, -0.15) is 0 Å². The van der Waals surface area contributed by atoms with Gasteiger partial charge in [-0.25, -0.2) is 9.97 Å². The first-order valence-corrected chi connectivity index (χ1v) is 16.5. The fourth-order valence-electron chi connectivity index (χ4n) is 5.85. The number of nitrogens with one attached hydrogen (secondary N) is 1. The highest BCUT2D eigenvalue weighted by atomic mass is 28.4. The summed E-state index contributed by atoms with van der Waals surface area (Å²) >= 11 is 0. The van der Waals surface area contributed by atoms with Crippen LogP contribution < -0.4 is 5.32 Å². The van der Waals surface area contributed by atoms with Gasteiger partial charge in [0.05, 0.1) is 11.4 Å². The molecule has 1 saturated carbocycles. The van der Waals surface area contributed by atoms with Crippen LogP contribution in [0.4, 0.5) is 5.82 Å². The molecular weight excluding hydrogens is 480 g/mol. The largest absolute Gasteiger partial charge is 0.481 e. The van der Waals surface area contributed by atoms with Gasteiger partial charge in [0.25, 0.3) is 0 Å². The van der Waals surface area contributed by atoms with E-state index in [0.717, 1.165) is 42.5 Å². The summed E-state index contributed by atoms with van der Waals surface area (Å²) in [7, 11) is -1.99. The van der Waals surface area contributed by atoms with Crippen molar-refractivity contribution in [2.75, 3.05) is 5.32 Å². The van der Waals surface area contributed by atoms with Crippen LogP contribution in [0.15, 0.2) is 42.9 Å². The summed E-state index contributed by atoms with van der Waals surface area (Å²) in [6, 6.07) is 11.2. The van der Waals surface area contributed by atoms with Crippen molar-refractivity contribution in [1.29, 1.82) is 0 Å². The fraction of sp³-hybridized carbons (Fsp3) is 0.552. The number of carboxylic acid groups (broad SMARTS) is 1. The molecule has 7 nitrogen and oxygen atoms in total. The normalized spacial score (nSPS) is 23.9. The van der Waals surface area contributed by atoms with Gasteiger partial charge in [-0.3, -0.25) is 4.79 Å². The third-order valence-electron chi connectivity index (χ3n) is 8.93. The molecule has 2 aliphatic carbocycles. The van der Waals surface area contributed by atoms with Crippen LogP contribution >= 0.6 is 0 Å². The Labute approximate surface area is 220 Å². The fourth-order valence-corrected chi connectivity index (χ4v) is 7.25. The van der Waals surface area contributed by atoms with Crippen molar-refractivity contribution in [1.82, 2.24) is 14.5 Å². The maximum Gasteiger partial charge on any atom is 0.303 e. The number of rotatable bonds is 8. The Kier molecular flexibility index (Phi) is 6.91. The molecule has 2 heterocycles. The molecule has 2 aliphatic rings. The molecule has 3 aromatic rings. The average molecular weight is 521 g/mol. The van der Waals surface area contributed by atoms with Crippen LogP contribution in [0, 0.1) is 5.92 Å². The number of fused-ring (bicyclic) bond motifs is 2. The number of anilines is 1. The standard InChI is InChI=1S/C29H40N4O3Si/c1-29(2,3)37(4,5)36-25-17-21(16-20(25)11-13-26(34)35)33-15-14-23-27(30-18-31-28(23)33)32-24-12-10-19-8-6-7-9-22(19)24/h6-9,14-15,18,20-21,24-25H,10-13,16-17H2,1-5H3,(H,34,35)(H,30,31,32)/t20-,21?,24+,25+/m1/s1. The van der Waals surface area contributed by atoms with Crippen molar-refractivity contribution in [3.63, 3.8) is 0 Å². The summed E-state index contributed by atoms with van der Waals surface area (Å²) in [5.74, 6) is 0.361. The molecule has 0 amide bonds. The quantitative estimate of drug-likeness (QED) is 0.320. The average Bonchev–Trinajstić information content (AvgIpc) is 3.54. The zero-order valence-electron chi connectivity index (χ0n) is 22.7. The van der Waals surface area contributed by atoms with E-state index in [1.54, 1.807) is 6.33 Å². The minimum Gasteiger partial charge on any atom is -0.481 e. The van der Waals surface area contributed by atoms with Gasteiger partial charge in [-0.05, 0) is 73.3 Å². The van der Waals surface area contributed by atoms with Gasteiger partial charge in [0.2, 0.25) is 0 Å². The van der Waals surface area contributed by atoms with Gasteiger partial charge in [-0.15, -0.1) is 0 Å². The predicted octanol–water partition coefficient (Wildman–Crippen LogP) is 6.74. The second-order valence-corrected chi connectivity index (χ2v) is 17.1. The Morgan fingerprint density at radius 2 is 1.97 bits per heavy atom. The van der Waals surface area contributed by atoms with Gasteiger partial charge in [-0.1, -0.05) is 45.0 Å². The molecule has 0 saturated heterocycles. The van der Waals surface area contributed by atoms with E-state index >= 15 is 0 Å². The van der Waals surface area contributed by atoms with Gasteiger partial charge in [0, 0.05) is 24.8 Å². The lowest BCUT2D eigenvalue weighted by Gasteiger charge is -2.40. The number of nitrogens with zero attached hydrogens (tertiary/aromatic N) is 3. The van der Waals surface area contributed by atoms with E-state index in [-0.39, 0.29) is 35.6 Å². The number of aromatic nitrogens is 3. The lowest BCUT2D eigenvalue weighted by Crippen LogP contribution is -2.44. The summed E-state index contributed by atoms with van der Waals surface area (Å²) in [6.07, 6.45) is 8.60. The van der Waals surface area contributed by atoms with Gasteiger partial charge < -0.3 is 19.4 Å². The molecule has 1 aromatic carbocycles. The second kappa shape index (κ2) is 9.87. The van der Waals surface area contributed by atoms with Crippen LogP contribution in [0.1, 0.15) is 76.1 Å². The molecule has 198 valence electrons. The van der Waals surface area contributed by atoms with Gasteiger partial charge in [0.1, 0.15) is 17.8 Å². The third-order valence-corrected chi connectivity index (χ3v) is 13.4. The van der Waals surface area contributed by atoms with E-state index < -0.39 is 14.3 Å². The van der Waals surface area contributed by atoms with Crippen molar-refractivity contribution in [3.05, 3.63) is 54.0 Å². The highest BCUT2D eigenvalue weighted by Crippen LogP contribution is 2.46. The topological polar surface area (TPSA) is 89.3 Å². The van der Waals surface area contributed by atoms with E-state index in [1.807, 2.05) is 0 Å². The van der Waals surface area contributed by atoms with Crippen LogP contribution in [0.3, 0.4) is 0 Å². The van der Waals surface area contributed by atoms with Crippen molar-refractivity contribution >= 4 is 31.1 Å². The first-order valence-electron chi connectivity index (χ1n) is 13.6. The molecule has 0 spiro atoms. The number of benzene rings is 1. The van der Waals surface area contributed by atoms with Crippen LogP contribution in [0.2, 0.25) is 18.1 Å². The Bertz CT molecular complexity index is 1280. The molecule has 4 atom stereocenters. The molecule has 1 fully saturated rings. The summed E-state index contributed by atoms with van der Waals surface area (Å²) < 4.78 is 9.15. The molecule has 0 aliphatic heterocycles. The number of aryl methyl sites for hydroxylation is 1. The molecule has 0 radical (unpaired) electrons. The zero-order chi connectivity index (χ0) is 26.4. The van der Waals surface area contributed by atoms with E-state index in [0.29, 0.717) is 6.42 Å². The summed E-state index contributed by atoms with van der Waals surface area (Å²) in [5.41, 5.74) is 3.70. The number of hydrogen-bond acceptors (Lipinski definition) is 5. The van der Waals surface area contributed by atoms with Crippen LogP contribution in [-0.2, 0) is 15.6 Å². The molecule has 0 bridgehead atoms. The number of carboxylic acids is 1. The Morgan fingerprint density at radius 3 is 2.73 bits per heavy atom. The molecular formula is C29H40N4O3Si. The second-order valence-electron chi connectivity index (χ2n) is 12.4. The summed E-state index contributed by atoms with van der Waals surface area (Å²) in [5, 5.41) is 14.2. The lowest BCUT2D eigenvalue weighted by molar-refractivity contribution is -0.137. The van der Waals surface area contributed by atoms with E-state index in [4.69, 9.17) is 4.43 Å². The predicted molar refractivity (Wildman–Crippen MR) is 149 cm³/mol. The summed E-state index contributed by atoms with van der Waals surface area (Å²) in [4.78, 5) is 20.7. The van der Waals surface area contributed by atoms with E-state index in [1.165, 1.54) is 11.1 Å². The maximum atomic E-state index is 11.4. The number of hydrogen-bond donors (Lipinski definition) is 2. The minimum atomic E-state index is -1.99. The molecule has 2 N–H and O–H groups in total. The highest BCUT2D eigenvalue weighted by molar-refractivity contribution is 6.74. The van der Waals surface area contributed by atoms with E-state index in [9.17, 15) is 9.90 Å². The SMILES string of the molecule is CC(C)(C)[Si](C)(C)O[C@H]1CC(n2ccc3c(N[C@H]4CCc5ccccc54)ncnc32)C[C@H]1CCC(=O)O. The van der Waals surface area contributed by atoms with E-state index in [2.05, 4.69) is 90.2 Å². The summed E-state index contributed by atoms with van der Waals surface area (Å²) in [6.45, 7) is 11.3. The highest BCUT2D eigenvalue weighted by Gasteiger charge is 2.44. The van der Waals surface area contributed by atoms with Gasteiger partial charge in [0.15, 0.2) is 8.32 Å². The molecule has 5 rings (SSSR count). The number of aliphatic carboxylic acids is 1. The Hall–Kier alpha value is -2.71. The molecule has 37 heavy (non-hydrogen) atoms. The monoisotopic (exact) mass is 520 g/mol. The smallest absolute Gasteiger partial charge is 0.303 e. The van der Waals surface area contributed by atoms with Crippen LogP contribution in [0.5, 0.6) is 0 Å². The van der Waals surface area contributed by atoms with Crippen molar-refractivity contribution < 1.29 is 14.3 Å². The molecule has 1 unspecified atom stereocenters. The Morgan fingerprint density at radius 1 is 1.19 bits per heavy atom. The Balaban J connectivity index is 1.39. The maximum absolute atomic E-state index is 11.4. The van der Waals surface area contributed by atoms with Crippen molar-refractivity contribution in [2.45, 2.75) is 95.6 Å². The third kappa shape index (κ3) is 5.18. The lowest BCUT2D eigenvalue weighted by atomic mass is 9.99. The van der Waals surface area contributed by atoms with Crippen LogP contribution in [0.25, 0.3) is 11.0 Å². The molecule has 8 heteroatoms. The van der Waals surface area contributed by atoms with Crippen LogP contribution in [-0.4, -0.2) is 40.0 Å². The minimum absolute atomic E-state index is 0.0668. The number of carbonyl (C=O) groups is 1. The first-order chi connectivity index (χ1) is 17.5. The molecule has 2 aromatic heterocycles. The zero-order valence-corrected chi connectivity index (χ0v) is 23.7. The van der Waals surface area contributed by atoms with Gasteiger partial charge >= 0.3 is 5.97 Å². The van der Waals surface area contributed by atoms with Crippen molar-refractivity contribution in [2.24, 2.45) is 5.92 Å². The van der Waals surface area contributed by atoms with Crippen molar-refractivity contribution in [3.8, 4) is 0 Å².